The van der Waals surface area contributed by atoms with Gasteiger partial charge in [0.15, 0.2) is 0 Å². The third kappa shape index (κ3) is 8.88. The summed E-state index contributed by atoms with van der Waals surface area (Å²) >= 11 is 4.47. The van der Waals surface area contributed by atoms with Crippen molar-refractivity contribution in [2.24, 2.45) is 0 Å². The van der Waals surface area contributed by atoms with Gasteiger partial charge in [-0.2, -0.15) is 0 Å². The van der Waals surface area contributed by atoms with Gasteiger partial charge in [-0.25, -0.2) is 8.78 Å². The SMILES string of the molecule is Oc1ccc(F)cc1Br.Oc1ccc(F)cc1SCCCCCc1ccccc1. The van der Waals surface area contributed by atoms with Crippen molar-refractivity contribution < 1.29 is 19.0 Å². The summed E-state index contributed by atoms with van der Waals surface area (Å²) in [4.78, 5) is 0.632. The van der Waals surface area contributed by atoms with Crippen LogP contribution in [0.4, 0.5) is 8.78 Å². The number of rotatable bonds is 7. The summed E-state index contributed by atoms with van der Waals surface area (Å²) < 4.78 is 25.6. The Bertz CT molecular complexity index is 891. The fourth-order valence-electron chi connectivity index (χ4n) is 2.52. The first kappa shape index (κ1) is 23.2. The van der Waals surface area contributed by atoms with Crippen LogP contribution in [-0.4, -0.2) is 16.0 Å². The van der Waals surface area contributed by atoms with Gasteiger partial charge < -0.3 is 10.2 Å². The van der Waals surface area contributed by atoms with E-state index < -0.39 is 0 Å². The molecule has 0 atom stereocenters. The third-order valence-electron chi connectivity index (χ3n) is 4.04. The van der Waals surface area contributed by atoms with Crippen molar-refractivity contribution in [1.82, 2.24) is 0 Å². The van der Waals surface area contributed by atoms with Crippen LogP contribution in [0.1, 0.15) is 24.8 Å². The highest BCUT2D eigenvalue weighted by molar-refractivity contribution is 9.10. The van der Waals surface area contributed by atoms with Gasteiger partial charge in [0, 0.05) is 0 Å². The molecule has 0 fully saturated rings. The van der Waals surface area contributed by atoms with Crippen molar-refractivity contribution in [1.29, 1.82) is 0 Å². The summed E-state index contributed by atoms with van der Waals surface area (Å²) in [5.41, 5.74) is 1.38. The minimum atomic E-state index is -0.361. The first-order valence-corrected chi connectivity index (χ1v) is 11.0. The number of hydrogen-bond acceptors (Lipinski definition) is 3. The predicted molar refractivity (Wildman–Crippen MR) is 119 cm³/mol. The molecule has 0 unspecified atom stereocenters. The fourth-order valence-corrected chi connectivity index (χ4v) is 3.85. The predicted octanol–water partition coefficient (Wildman–Crippen LogP) is 7.33. The maximum absolute atomic E-state index is 13.0. The van der Waals surface area contributed by atoms with Crippen molar-refractivity contribution in [2.75, 3.05) is 5.75 Å². The van der Waals surface area contributed by atoms with Gasteiger partial charge in [0.2, 0.25) is 0 Å². The molecule has 3 aromatic rings. The molecule has 29 heavy (non-hydrogen) atoms. The Kier molecular flexibility index (Phi) is 10.0. The molecular weight excluding hydrogens is 458 g/mol. The molecule has 0 amide bonds. The molecule has 0 spiro atoms. The molecule has 0 aliphatic rings. The molecular formula is C23H23BrF2O2S. The number of phenolic OH excluding ortho intramolecular Hbond substituents is 2. The van der Waals surface area contributed by atoms with Gasteiger partial charge in [0.25, 0.3) is 0 Å². The van der Waals surface area contributed by atoms with Crippen molar-refractivity contribution in [3.63, 3.8) is 0 Å². The molecule has 2 nitrogen and oxygen atoms in total. The molecule has 0 saturated carbocycles. The van der Waals surface area contributed by atoms with E-state index in [2.05, 4.69) is 40.2 Å². The number of halogens is 3. The lowest BCUT2D eigenvalue weighted by molar-refractivity contribution is 0.459. The number of hydrogen-bond donors (Lipinski definition) is 2. The zero-order valence-corrected chi connectivity index (χ0v) is 18.2. The van der Waals surface area contributed by atoms with Gasteiger partial charge in [-0.15, -0.1) is 11.8 Å². The Hall–Kier alpha value is -2.05. The van der Waals surface area contributed by atoms with Crippen molar-refractivity contribution in [3.8, 4) is 11.5 Å². The molecule has 0 heterocycles. The standard InChI is InChI=1S/C17H19FOS.C6H4BrFO/c18-15-10-11-16(19)17(13-15)20-12-6-2-5-9-14-7-3-1-4-8-14;7-5-3-4(8)1-2-6(5)9/h1,3-4,7-8,10-11,13,19H,2,5-6,9,12H2;1-3,9H. The number of unbranched alkanes of at least 4 members (excludes halogenated alkanes) is 2. The van der Waals surface area contributed by atoms with E-state index >= 15 is 0 Å². The topological polar surface area (TPSA) is 40.5 Å². The molecule has 3 rings (SSSR count). The van der Waals surface area contributed by atoms with E-state index in [1.54, 1.807) is 0 Å². The lowest BCUT2D eigenvalue weighted by Crippen LogP contribution is -1.87. The lowest BCUT2D eigenvalue weighted by Gasteiger charge is -2.05. The summed E-state index contributed by atoms with van der Waals surface area (Å²) in [6.07, 6.45) is 4.50. The number of benzene rings is 3. The van der Waals surface area contributed by atoms with Crippen LogP contribution < -0.4 is 0 Å². The highest BCUT2D eigenvalue weighted by Gasteiger charge is 2.03. The molecule has 2 N–H and O–H groups in total. The minimum absolute atomic E-state index is 0.0522. The normalized spacial score (nSPS) is 10.3. The fraction of sp³-hybridized carbons (Fsp3) is 0.217. The molecule has 0 aliphatic heterocycles. The highest BCUT2D eigenvalue weighted by Crippen LogP contribution is 2.29. The van der Waals surface area contributed by atoms with Crippen molar-refractivity contribution in [2.45, 2.75) is 30.6 Å². The summed E-state index contributed by atoms with van der Waals surface area (Å²) in [6.45, 7) is 0. The average molecular weight is 481 g/mol. The van der Waals surface area contributed by atoms with E-state index in [4.69, 9.17) is 5.11 Å². The Morgan fingerprint density at radius 3 is 2.07 bits per heavy atom. The third-order valence-corrected chi connectivity index (χ3v) is 5.81. The Morgan fingerprint density at radius 1 is 0.759 bits per heavy atom. The summed E-state index contributed by atoms with van der Waals surface area (Å²) in [7, 11) is 0. The van der Waals surface area contributed by atoms with Gasteiger partial charge in [-0.1, -0.05) is 36.8 Å². The maximum Gasteiger partial charge on any atom is 0.129 e. The van der Waals surface area contributed by atoms with E-state index in [1.165, 1.54) is 60.1 Å². The molecule has 0 aromatic heterocycles. The highest BCUT2D eigenvalue weighted by atomic mass is 79.9. The molecule has 154 valence electrons. The number of aryl methyl sites for hydroxylation is 1. The number of aromatic hydroxyl groups is 2. The molecule has 0 bridgehead atoms. The van der Waals surface area contributed by atoms with E-state index in [-0.39, 0.29) is 23.1 Å². The smallest absolute Gasteiger partial charge is 0.129 e. The van der Waals surface area contributed by atoms with Gasteiger partial charge in [-0.3, -0.25) is 0 Å². The van der Waals surface area contributed by atoms with E-state index in [0.717, 1.165) is 25.0 Å². The van der Waals surface area contributed by atoms with Crippen LogP contribution in [0.2, 0.25) is 0 Å². The van der Waals surface area contributed by atoms with Crippen LogP contribution in [0.3, 0.4) is 0 Å². The maximum atomic E-state index is 13.0. The van der Waals surface area contributed by atoms with Crippen LogP contribution in [0.25, 0.3) is 0 Å². The Balaban J connectivity index is 0.000000278. The van der Waals surface area contributed by atoms with Crippen LogP contribution in [0.5, 0.6) is 11.5 Å². The van der Waals surface area contributed by atoms with Gasteiger partial charge in [0.05, 0.1) is 9.37 Å². The minimum Gasteiger partial charge on any atom is -0.507 e. The van der Waals surface area contributed by atoms with Crippen LogP contribution in [-0.2, 0) is 6.42 Å². The monoisotopic (exact) mass is 480 g/mol. The average Bonchev–Trinajstić information content (AvgIpc) is 2.71. The molecule has 3 aromatic carbocycles. The molecule has 6 heteroatoms. The van der Waals surface area contributed by atoms with E-state index in [1.807, 2.05) is 6.07 Å². The quantitative estimate of drug-likeness (QED) is 0.274. The van der Waals surface area contributed by atoms with Crippen molar-refractivity contribution in [3.05, 3.63) is 88.4 Å². The van der Waals surface area contributed by atoms with Crippen LogP contribution in [0.15, 0.2) is 76.1 Å². The molecule has 0 radical (unpaired) electrons. The van der Waals surface area contributed by atoms with Gasteiger partial charge >= 0.3 is 0 Å². The lowest BCUT2D eigenvalue weighted by atomic mass is 10.1. The van der Waals surface area contributed by atoms with Crippen LogP contribution >= 0.6 is 27.7 Å². The molecule has 0 saturated heterocycles. The number of phenols is 2. The summed E-state index contributed by atoms with van der Waals surface area (Å²) in [6, 6.07) is 18.2. The number of thioether (sulfide) groups is 1. The Morgan fingerprint density at radius 2 is 1.41 bits per heavy atom. The van der Waals surface area contributed by atoms with Crippen molar-refractivity contribution >= 4 is 27.7 Å². The Labute approximate surface area is 182 Å². The largest absolute Gasteiger partial charge is 0.507 e. The van der Waals surface area contributed by atoms with E-state index in [0.29, 0.717) is 9.37 Å². The zero-order valence-electron chi connectivity index (χ0n) is 15.8. The van der Waals surface area contributed by atoms with Gasteiger partial charge in [-0.05, 0) is 82.9 Å². The first-order valence-electron chi connectivity index (χ1n) is 9.25. The van der Waals surface area contributed by atoms with E-state index in [9.17, 15) is 13.9 Å². The zero-order chi connectivity index (χ0) is 21.1. The second kappa shape index (κ2) is 12.5. The van der Waals surface area contributed by atoms with Crippen LogP contribution in [0, 0.1) is 11.6 Å². The molecule has 0 aliphatic carbocycles. The second-order valence-corrected chi connectivity index (χ2v) is 8.34. The second-order valence-electron chi connectivity index (χ2n) is 6.35. The first-order chi connectivity index (χ1) is 14.0. The summed E-state index contributed by atoms with van der Waals surface area (Å²) in [5, 5.41) is 18.4. The van der Waals surface area contributed by atoms with Gasteiger partial charge in [0.1, 0.15) is 23.1 Å². The summed E-state index contributed by atoms with van der Waals surface area (Å²) in [5.74, 6) is 0.470.